The first kappa shape index (κ1) is 16.3. The van der Waals surface area contributed by atoms with Crippen LogP contribution >= 0.6 is 0 Å². The minimum Gasteiger partial charge on any atom is -0.282 e. The largest absolute Gasteiger partial charge is 0.334 e. The van der Waals surface area contributed by atoms with E-state index in [1.165, 1.54) is 6.08 Å². The summed E-state index contributed by atoms with van der Waals surface area (Å²) in [5.41, 5.74) is 0.732. The summed E-state index contributed by atoms with van der Waals surface area (Å²) in [6, 6.07) is 8.86. The van der Waals surface area contributed by atoms with Crippen molar-refractivity contribution in [2.75, 3.05) is 0 Å². The van der Waals surface area contributed by atoms with E-state index in [1.807, 2.05) is 6.07 Å². The summed E-state index contributed by atoms with van der Waals surface area (Å²) < 4.78 is 70.1. The van der Waals surface area contributed by atoms with E-state index in [1.54, 1.807) is 24.3 Å². The first-order valence-electron chi connectivity index (χ1n) is 4.29. The molecule has 0 heterocycles. The first-order chi connectivity index (χ1) is 8.22. The van der Waals surface area contributed by atoms with Crippen LogP contribution in [0.2, 0.25) is 0 Å². The fraction of sp³-hybridized carbons (Fsp3) is 0. The molecule has 0 aliphatic heterocycles. The predicted octanol–water partition coefficient (Wildman–Crippen LogP) is 3.54. The van der Waals surface area contributed by atoms with Gasteiger partial charge in [0.25, 0.3) is 10.1 Å². The molecular weight excluding hydrogens is 276 g/mol. The second-order valence-electron chi connectivity index (χ2n) is 2.75. The summed E-state index contributed by atoms with van der Waals surface area (Å²) in [5.74, 6) is 0. The van der Waals surface area contributed by atoms with E-state index >= 15 is 0 Å². The van der Waals surface area contributed by atoms with Gasteiger partial charge in [-0.05, 0) is 11.6 Å². The molecule has 0 saturated heterocycles. The van der Waals surface area contributed by atoms with Gasteiger partial charge in [0, 0.05) is 0 Å². The van der Waals surface area contributed by atoms with Gasteiger partial charge in [-0.2, -0.15) is 26.0 Å². The molecule has 0 saturated carbocycles. The highest BCUT2D eigenvalue weighted by Crippen LogP contribution is 2.08. The van der Waals surface area contributed by atoms with Crippen LogP contribution in [0.25, 0.3) is 6.08 Å². The lowest BCUT2D eigenvalue weighted by Gasteiger charge is -1.89. The second kappa shape index (κ2) is 7.62. The third-order valence-corrected chi connectivity index (χ3v) is 1.85. The highest BCUT2D eigenvalue weighted by atomic mass is 32.2. The Bertz CT molecular complexity index is 505. The zero-order chi connectivity index (χ0) is 14.2. The Hall–Kier alpha value is -1.67. The first-order valence-corrected chi connectivity index (χ1v) is 5.79. The van der Waals surface area contributed by atoms with Crippen molar-refractivity contribution in [3.8, 4) is 0 Å². The summed E-state index contributed by atoms with van der Waals surface area (Å²) in [6.07, 6.45) is -4.49. The van der Waals surface area contributed by atoms with Crippen molar-refractivity contribution < 1.29 is 30.5 Å². The Kier molecular flexibility index (Phi) is 6.91. The third kappa shape index (κ3) is 9.55. The lowest BCUT2D eigenvalue weighted by molar-refractivity contribution is 0.308. The maximum absolute atomic E-state index is 10.3. The summed E-state index contributed by atoms with van der Waals surface area (Å²) in [6.45, 7) is 0. The summed E-state index contributed by atoms with van der Waals surface area (Å²) in [4.78, 5) is 0. The zero-order valence-electron chi connectivity index (χ0n) is 8.73. The van der Waals surface area contributed by atoms with Crippen LogP contribution in [0, 0.1) is 0 Å². The van der Waals surface area contributed by atoms with Crippen LogP contribution in [0.1, 0.15) is 5.56 Å². The van der Waals surface area contributed by atoms with Crippen LogP contribution in [0.4, 0.5) is 17.6 Å². The average molecular weight is 284 g/mol. The number of rotatable bonds is 2. The highest BCUT2D eigenvalue weighted by molar-refractivity contribution is 7.88. The van der Waals surface area contributed by atoms with Crippen molar-refractivity contribution in [3.63, 3.8) is 0 Å². The maximum Gasteiger partial charge on any atom is 0.334 e. The molecule has 0 atom stereocenters. The van der Waals surface area contributed by atoms with Gasteiger partial charge in [0.2, 0.25) is 0 Å². The van der Waals surface area contributed by atoms with Gasteiger partial charge >= 0.3 is 12.2 Å². The van der Waals surface area contributed by atoms with E-state index in [9.17, 15) is 26.0 Å². The molecule has 8 heteroatoms. The minimum absolute atomic E-state index is 0.732. The summed E-state index contributed by atoms with van der Waals surface area (Å²) in [5, 5.41) is 0.752. The lowest BCUT2D eigenvalue weighted by atomic mass is 10.2. The molecule has 100 valence electrons. The molecule has 0 bridgehead atoms. The Morgan fingerprint density at radius 2 is 1.44 bits per heavy atom. The van der Waals surface area contributed by atoms with Gasteiger partial charge in [-0.3, -0.25) is 4.55 Å². The predicted molar refractivity (Wildman–Crippen MR) is 58.5 cm³/mol. The fourth-order valence-electron chi connectivity index (χ4n) is 0.729. The molecule has 0 amide bonds. The zero-order valence-corrected chi connectivity index (χ0v) is 9.54. The smallest absolute Gasteiger partial charge is 0.282 e. The van der Waals surface area contributed by atoms with Crippen LogP contribution in [0.15, 0.2) is 47.9 Å². The van der Waals surface area contributed by atoms with Gasteiger partial charge in [-0.1, -0.05) is 30.3 Å². The Morgan fingerprint density at radius 1 is 1.00 bits per heavy atom. The Labute approximate surface area is 101 Å². The lowest BCUT2D eigenvalue weighted by Crippen LogP contribution is -1.88. The molecule has 0 aromatic heterocycles. The molecule has 1 aromatic carbocycles. The van der Waals surface area contributed by atoms with E-state index in [0.29, 0.717) is 0 Å². The van der Waals surface area contributed by atoms with Crippen molar-refractivity contribution in [3.05, 3.63) is 53.5 Å². The molecule has 3 nitrogen and oxygen atoms in total. The molecule has 0 spiro atoms. The van der Waals surface area contributed by atoms with Gasteiger partial charge in [0.15, 0.2) is 0 Å². The van der Waals surface area contributed by atoms with Crippen molar-refractivity contribution in [1.29, 1.82) is 0 Å². The molecule has 18 heavy (non-hydrogen) atoms. The van der Waals surface area contributed by atoms with Crippen LogP contribution in [-0.4, -0.2) is 13.0 Å². The molecular formula is C10H8F4O3S. The summed E-state index contributed by atoms with van der Waals surface area (Å²) in [7, 11) is -4.00. The molecule has 0 fully saturated rings. The minimum atomic E-state index is -4.00. The van der Waals surface area contributed by atoms with Crippen LogP contribution in [0.3, 0.4) is 0 Å². The van der Waals surface area contributed by atoms with Crippen molar-refractivity contribution >= 4 is 16.2 Å². The van der Waals surface area contributed by atoms with Gasteiger partial charge in [-0.15, -0.1) is 0 Å². The van der Waals surface area contributed by atoms with Crippen LogP contribution in [-0.2, 0) is 10.1 Å². The SMILES string of the molecule is FC(F)=C(F)F.O=S(=O)(O)C=Cc1ccccc1. The highest BCUT2D eigenvalue weighted by Gasteiger charge is 1.98. The van der Waals surface area contributed by atoms with E-state index in [2.05, 4.69) is 0 Å². The molecule has 0 aliphatic rings. The molecule has 1 aromatic rings. The van der Waals surface area contributed by atoms with Crippen LogP contribution < -0.4 is 0 Å². The normalized spacial score (nSPS) is 10.7. The van der Waals surface area contributed by atoms with E-state index in [0.717, 1.165) is 11.0 Å². The van der Waals surface area contributed by atoms with Crippen LogP contribution in [0.5, 0.6) is 0 Å². The molecule has 0 unspecified atom stereocenters. The third-order valence-electron chi connectivity index (χ3n) is 1.37. The number of halogens is 4. The standard InChI is InChI=1S/C8H8O3S.C2F4/c9-12(10,11)7-6-8-4-2-1-3-5-8;3-1(4)2(5)6/h1-7H,(H,9,10,11);. The number of hydrogen-bond donors (Lipinski definition) is 1. The number of benzene rings is 1. The second-order valence-corrected chi connectivity index (χ2v) is 4.05. The number of hydrogen-bond acceptors (Lipinski definition) is 2. The van der Waals surface area contributed by atoms with E-state index in [4.69, 9.17) is 4.55 Å². The van der Waals surface area contributed by atoms with E-state index in [-0.39, 0.29) is 0 Å². The maximum atomic E-state index is 10.3. The van der Waals surface area contributed by atoms with Crippen molar-refractivity contribution in [2.24, 2.45) is 0 Å². The Balaban J connectivity index is 0.000000411. The van der Waals surface area contributed by atoms with Crippen molar-refractivity contribution in [1.82, 2.24) is 0 Å². The quantitative estimate of drug-likeness (QED) is 0.667. The van der Waals surface area contributed by atoms with Gasteiger partial charge in [0.05, 0.1) is 5.41 Å². The summed E-state index contributed by atoms with van der Waals surface area (Å²) >= 11 is 0. The van der Waals surface area contributed by atoms with E-state index < -0.39 is 22.3 Å². The molecule has 1 N–H and O–H groups in total. The fourth-order valence-corrected chi connectivity index (χ4v) is 1.06. The molecule has 1 rings (SSSR count). The van der Waals surface area contributed by atoms with Crippen molar-refractivity contribution in [2.45, 2.75) is 0 Å². The monoisotopic (exact) mass is 284 g/mol. The molecule has 0 radical (unpaired) electrons. The average Bonchev–Trinajstić information content (AvgIpc) is 2.27. The topological polar surface area (TPSA) is 54.4 Å². The van der Waals surface area contributed by atoms with Gasteiger partial charge < -0.3 is 0 Å². The van der Waals surface area contributed by atoms with Gasteiger partial charge in [0.1, 0.15) is 0 Å². The molecule has 0 aliphatic carbocycles. The Morgan fingerprint density at radius 3 is 1.78 bits per heavy atom. The van der Waals surface area contributed by atoms with Gasteiger partial charge in [-0.25, -0.2) is 0 Å².